The SMILES string of the molecule is O=C(Cc1cccs1)Oc1ccccc1OC(=O)Cc1cccs1. The fraction of sp³-hybridized carbons (Fsp3) is 0.111. The van der Waals surface area contributed by atoms with Gasteiger partial charge in [-0.05, 0) is 35.0 Å². The number of benzene rings is 1. The van der Waals surface area contributed by atoms with Crippen molar-refractivity contribution in [3.05, 3.63) is 69.0 Å². The Morgan fingerprint density at radius 3 is 1.54 bits per heavy atom. The van der Waals surface area contributed by atoms with E-state index in [-0.39, 0.29) is 36.3 Å². The van der Waals surface area contributed by atoms with Gasteiger partial charge in [-0.2, -0.15) is 0 Å². The van der Waals surface area contributed by atoms with Gasteiger partial charge in [0.05, 0.1) is 12.8 Å². The topological polar surface area (TPSA) is 52.6 Å². The summed E-state index contributed by atoms with van der Waals surface area (Å²) in [6, 6.07) is 14.2. The largest absolute Gasteiger partial charge is 0.422 e. The lowest BCUT2D eigenvalue weighted by molar-refractivity contribution is -0.136. The Labute approximate surface area is 147 Å². The van der Waals surface area contributed by atoms with E-state index in [0.717, 1.165) is 9.75 Å². The maximum absolute atomic E-state index is 12.0. The number of ether oxygens (including phenoxy) is 2. The highest BCUT2D eigenvalue weighted by Crippen LogP contribution is 2.27. The summed E-state index contributed by atoms with van der Waals surface area (Å²) in [4.78, 5) is 25.9. The standard InChI is InChI=1S/C18H14O4S2/c19-17(11-13-5-3-9-23-13)21-15-7-1-2-8-16(15)22-18(20)12-14-6-4-10-24-14/h1-10H,11-12H2. The summed E-state index contributed by atoms with van der Waals surface area (Å²) in [5.41, 5.74) is 0. The van der Waals surface area contributed by atoms with Gasteiger partial charge >= 0.3 is 11.9 Å². The van der Waals surface area contributed by atoms with Gasteiger partial charge in [-0.1, -0.05) is 24.3 Å². The van der Waals surface area contributed by atoms with Crippen molar-refractivity contribution in [1.82, 2.24) is 0 Å². The zero-order valence-electron chi connectivity index (χ0n) is 12.6. The Balaban J connectivity index is 1.64. The van der Waals surface area contributed by atoms with E-state index in [4.69, 9.17) is 9.47 Å². The van der Waals surface area contributed by atoms with E-state index in [1.165, 1.54) is 22.7 Å². The van der Waals surface area contributed by atoms with Crippen LogP contribution in [-0.4, -0.2) is 11.9 Å². The van der Waals surface area contributed by atoms with Crippen molar-refractivity contribution < 1.29 is 19.1 Å². The van der Waals surface area contributed by atoms with Crippen LogP contribution in [0.1, 0.15) is 9.75 Å². The van der Waals surface area contributed by atoms with E-state index in [1.807, 2.05) is 35.0 Å². The number of rotatable bonds is 6. The van der Waals surface area contributed by atoms with Crippen LogP contribution >= 0.6 is 22.7 Å². The molecule has 0 fully saturated rings. The molecule has 0 atom stereocenters. The second kappa shape index (κ2) is 7.90. The Morgan fingerprint density at radius 2 is 1.17 bits per heavy atom. The lowest BCUT2D eigenvalue weighted by atomic mass is 10.3. The lowest BCUT2D eigenvalue weighted by Crippen LogP contribution is -2.14. The molecule has 0 saturated heterocycles. The summed E-state index contributed by atoms with van der Waals surface area (Å²) in [6.07, 6.45) is 0.379. The molecule has 4 nitrogen and oxygen atoms in total. The molecule has 6 heteroatoms. The van der Waals surface area contributed by atoms with Crippen LogP contribution in [0.25, 0.3) is 0 Å². The predicted molar refractivity (Wildman–Crippen MR) is 93.8 cm³/mol. The molecule has 2 aromatic heterocycles. The van der Waals surface area contributed by atoms with Crippen LogP contribution in [0.2, 0.25) is 0 Å². The van der Waals surface area contributed by atoms with Crippen LogP contribution in [0.3, 0.4) is 0 Å². The van der Waals surface area contributed by atoms with Gasteiger partial charge in [0.2, 0.25) is 0 Å². The van der Waals surface area contributed by atoms with Crippen molar-refractivity contribution in [2.24, 2.45) is 0 Å². The molecule has 0 aliphatic carbocycles. The van der Waals surface area contributed by atoms with Crippen LogP contribution in [0.5, 0.6) is 11.5 Å². The number of carbonyl (C=O) groups is 2. The molecular weight excluding hydrogens is 344 g/mol. The van der Waals surface area contributed by atoms with Crippen molar-refractivity contribution in [1.29, 1.82) is 0 Å². The Bertz CT molecular complexity index is 738. The first-order valence-corrected chi connectivity index (χ1v) is 9.02. The molecule has 0 bridgehead atoms. The van der Waals surface area contributed by atoms with E-state index >= 15 is 0 Å². The molecule has 0 unspecified atom stereocenters. The van der Waals surface area contributed by atoms with E-state index in [9.17, 15) is 9.59 Å². The summed E-state index contributed by atoms with van der Waals surface area (Å²) in [6.45, 7) is 0. The summed E-state index contributed by atoms with van der Waals surface area (Å²) in [5, 5.41) is 3.81. The molecule has 0 spiro atoms. The molecule has 0 saturated carbocycles. The third kappa shape index (κ3) is 4.53. The van der Waals surface area contributed by atoms with E-state index in [1.54, 1.807) is 24.3 Å². The van der Waals surface area contributed by atoms with Gasteiger partial charge in [-0.3, -0.25) is 9.59 Å². The second-order valence-electron chi connectivity index (χ2n) is 4.91. The highest BCUT2D eigenvalue weighted by atomic mass is 32.1. The van der Waals surface area contributed by atoms with Crippen LogP contribution in [0.15, 0.2) is 59.3 Å². The van der Waals surface area contributed by atoms with Gasteiger partial charge in [0, 0.05) is 9.75 Å². The van der Waals surface area contributed by atoms with Gasteiger partial charge in [0.1, 0.15) is 0 Å². The second-order valence-corrected chi connectivity index (χ2v) is 6.97. The monoisotopic (exact) mass is 358 g/mol. The Morgan fingerprint density at radius 1 is 0.708 bits per heavy atom. The fourth-order valence-corrected chi connectivity index (χ4v) is 3.43. The first-order valence-electron chi connectivity index (χ1n) is 7.26. The number of hydrogen-bond donors (Lipinski definition) is 0. The minimum atomic E-state index is -0.390. The first kappa shape index (κ1) is 16.4. The zero-order chi connectivity index (χ0) is 16.8. The molecule has 24 heavy (non-hydrogen) atoms. The van der Waals surface area contributed by atoms with Crippen molar-refractivity contribution >= 4 is 34.6 Å². The number of carbonyl (C=O) groups excluding carboxylic acids is 2. The fourth-order valence-electron chi connectivity index (χ4n) is 2.05. The number of thiophene rings is 2. The maximum atomic E-state index is 12.0. The van der Waals surface area contributed by atoms with E-state index in [0.29, 0.717) is 0 Å². The lowest BCUT2D eigenvalue weighted by Gasteiger charge is -2.09. The van der Waals surface area contributed by atoms with E-state index in [2.05, 4.69) is 0 Å². The summed E-state index contributed by atoms with van der Waals surface area (Å²) >= 11 is 2.99. The molecule has 0 aliphatic heterocycles. The minimum absolute atomic E-state index is 0.190. The number of esters is 2. The molecule has 0 aliphatic rings. The predicted octanol–water partition coefficient (Wildman–Crippen LogP) is 4.11. The number of para-hydroxylation sites is 2. The molecule has 0 amide bonds. The van der Waals surface area contributed by atoms with E-state index < -0.39 is 0 Å². The average molecular weight is 358 g/mol. The van der Waals surface area contributed by atoms with Gasteiger partial charge < -0.3 is 9.47 Å². The van der Waals surface area contributed by atoms with Crippen LogP contribution < -0.4 is 9.47 Å². The van der Waals surface area contributed by atoms with Gasteiger partial charge in [0.25, 0.3) is 0 Å². The van der Waals surface area contributed by atoms with Gasteiger partial charge in [0.15, 0.2) is 11.5 Å². The third-order valence-electron chi connectivity index (χ3n) is 3.09. The van der Waals surface area contributed by atoms with Gasteiger partial charge in [-0.25, -0.2) is 0 Å². The average Bonchev–Trinajstić information content (AvgIpc) is 3.23. The molecule has 3 aromatic rings. The minimum Gasteiger partial charge on any atom is -0.422 e. The van der Waals surface area contributed by atoms with Crippen molar-refractivity contribution in [3.8, 4) is 11.5 Å². The molecule has 3 rings (SSSR count). The number of hydrogen-bond acceptors (Lipinski definition) is 6. The van der Waals surface area contributed by atoms with Crippen LogP contribution in [-0.2, 0) is 22.4 Å². The summed E-state index contributed by atoms with van der Waals surface area (Å²) in [7, 11) is 0. The maximum Gasteiger partial charge on any atom is 0.316 e. The Kier molecular flexibility index (Phi) is 5.40. The van der Waals surface area contributed by atoms with Crippen molar-refractivity contribution in [2.75, 3.05) is 0 Å². The zero-order valence-corrected chi connectivity index (χ0v) is 14.3. The highest BCUT2D eigenvalue weighted by molar-refractivity contribution is 7.10. The first-order chi connectivity index (χ1) is 11.7. The third-order valence-corrected chi connectivity index (χ3v) is 4.85. The Hall–Kier alpha value is -2.44. The molecule has 122 valence electrons. The molecule has 0 N–H and O–H groups in total. The summed E-state index contributed by atoms with van der Waals surface area (Å²) in [5.74, 6) is -0.282. The van der Waals surface area contributed by atoms with Crippen LogP contribution in [0, 0.1) is 0 Å². The quantitative estimate of drug-likeness (QED) is 0.492. The smallest absolute Gasteiger partial charge is 0.316 e. The molecule has 2 heterocycles. The van der Waals surface area contributed by atoms with Gasteiger partial charge in [-0.15, -0.1) is 22.7 Å². The summed E-state index contributed by atoms with van der Waals surface area (Å²) < 4.78 is 10.7. The van der Waals surface area contributed by atoms with Crippen LogP contribution in [0.4, 0.5) is 0 Å². The van der Waals surface area contributed by atoms with Crippen molar-refractivity contribution in [3.63, 3.8) is 0 Å². The van der Waals surface area contributed by atoms with Crippen molar-refractivity contribution in [2.45, 2.75) is 12.8 Å². The molecule has 1 aromatic carbocycles. The molecule has 0 radical (unpaired) electrons. The normalized spacial score (nSPS) is 10.3. The molecular formula is C18H14O4S2. The highest BCUT2D eigenvalue weighted by Gasteiger charge is 2.14.